The molecule has 0 amide bonds. The fourth-order valence-electron chi connectivity index (χ4n) is 2.66. The molecule has 0 radical (unpaired) electrons. The zero-order valence-electron chi connectivity index (χ0n) is 11.5. The molecule has 1 N–H and O–H groups in total. The number of halogens is 1. The van der Waals surface area contributed by atoms with Crippen molar-refractivity contribution in [3.8, 4) is 0 Å². The minimum Gasteiger partial charge on any atom is -0.309 e. The molecule has 0 spiro atoms. The maximum Gasteiger partial charge on any atom is 0.126 e. The SMILES string of the molecule is CC(CCN(C)C)NC1CCc2c(F)cccc21. The Labute approximate surface area is 109 Å². The number of benzene rings is 1. The summed E-state index contributed by atoms with van der Waals surface area (Å²) < 4.78 is 13.6. The van der Waals surface area contributed by atoms with E-state index in [1.165, 1.54) is 0 Å². The van der Waals surface area contributed by atoms with Crippen LogP contribution in [0.2, 0.25) is 0 Å². The van der Waals surface area contributed by atoms with Gasteiger partial charge >= 0.3 is 0 Å². The largest absolute Gasteiger partial charge is 0.309 e. The van der Waals surface area contributed by atoms with Crippen molar-refractivity contribution in [2.45, 2.75) is 38.3 Å². The lowest BCUT2D eigenvalue weighted by Crippen LogP contribution is -2.32. The van der Waals surface area contributed by atoms with Crippen molar-refractivity contribution in [3.05, 3.63) is 35.1 Å². The third-order valence-corrected chi connectivity index (χ3v) is 3.71. The Bertz CT molecular complexity index is 403. The van der Waals surface area contributed by atoms with Gasteiger partial charge < -0.3 is 10.2 Å². The molecular formula is C15H23FN2. The lowest BCUT2D eigenvalue weighted by molar-refractivity contribution is 0.349. The summed E-state index contributed by atoms with van der Waals surface area (Å²) in [6.07, 6.45) is 3.00. The van der Waals surface area contributed by atoms with Crippen molar-refractivity contribution in [1.29, 1.82) is 0 Å². The standard InChI is InChI=1S/C15H23FN2/c1-11(9-10-18(2)3)17-15-8-7-12-13(15)5-4-6-14(12)16/h4-6,11,15,17H,7-10H2,1-3H3. The fraction of sp³-hybridized carbons (Fsp3) is 0.600. The number of nitrogens with one attached hydrogen (secondary N) is 1. The van der Waals surface area contributed by atoms with Crippen molar-refractivity contribution in [1.82, 2.24) is 10.2 Å². The molecule has 0 saturated carbocycles. The molecule has 1 aromatic carbocycles. The predicted molar refractivity (Wildman–Crippen MR) is 73.2 cm³/mol. The Balaban J connectivity index is 1.95. The van der Waals surface area contributed by atoms with Gasteiger partial charge in [0.1, 0.15) is 5.82 Å². The minimum atomic E-state index is -0.0438. The van der Waals surface area contributed by atoms with E-state index in [9.17, 15) is 4.39 Å². The summed E-state index contributed by atoms with van der Waals surface area (Å²) in [5.74, 6) is -0.0438. The molecule has 2 atom stereocenters. The second-order valence-corrected chi connectivity index (χ2v) is 5.56. The monoisotopic (exact) mass is 250 g/mol. The summed E-state index contributed by atoms with van der Waals surface area (Å²) in [4.78, 5) is 2.19. The first-order valence-electron chi connectivity index (χ1n) is 6.76. The van der Waals surface area contributed by atoms with Gasteiger partial charge in [0.15, 0.2) is 0 Å². The molecule has 0 aliphatic heterocycles. The number of nitrogens with zero attached hydrogens (tertiary/aromatic N) is 1. The Kier molecular flexibility index (Phi) is 4.36. The molecule has 0 saturated heterocycles. The van der Waals surface area contributed by atoms with E-state index >= 15 is 0 Å². The first-order chi connectivity index (χ1) is 8.58. The molecule has 0 fully saturated rings. The van der Waals surface area contributed by atoms with Crippen LogP contribution in [0.5, 0.6) is 0 Å². The Hall–Kier alpha value is -0.930. The zero-order valence-corrected chi connectivity index (χ0v) is 11.5. The van der Waals surface area contributed by atoms with Crippen LogP contribution in [0.25, 0.3) is 0 Å². The molecular weight excluding hydrogens is 227 g/mol. The van der Waals surface area contributed by atoms with Gasteiger partial charge in [0.2, 0.25) is 0 Å². The highest BCUT2D eigenvalue weighted by atomic mass is 19.1. The van der Waals surface area contributed by atoms with Gasteiger partial charge in [-0.05, 0) is 64.0 Å². The summed E-state index contributed by atoms with van der Waals surface area (Å²) in [6.45, 7) is 3.29. The van der Waals surface area contributed by atoms with Gasteiger partial charge in [-0.2, -0.15) is 0 Å². The van der Waals surface area contributed by atoms with Crippen LogP contribution in [0.4, 0.5) is 4.39 Å². The van der Waals surface area contributed by atoms with Crippen LogP contribution in [0.1, 0.15) is 36.9 Å². The summed E-state index contributed by atoms with van der Waals surface area (Å²) in [5, 5.41) is 3.62. The van der Waals surface area contributed by atoms with Gasteiger partial charge in [-0.25, -0.2) is 4.39 Å². The highest BCUT2D eigenvalue weighted by Gasteiger charge is 2.25. The fourth-order valence-corrected chi connectivity index (χ4v) is 2.66. The van der Waals surface area contributed by atoms with E-state index in [-0.39, 0.29) is 5.82 Å². The summed E-state index contributed by atoms with van der Waals surface area (Å²) >= 11 is 0. The Morgan fingerprint density at radius 1 is 1.44 bits per heavy atom. The van der Waals surface area contributed by atoms with Gasteiger partial charge in [-0.1, -0.05) is 12.1 Å². The Morgan fingerprint density at radius 2 is 2.22 bits per heavy atom. The number of hydrogen-bond donors (Lipinski definition) is 1. The quantitative estimate of drug-likeness (QED) is 0.864. The third-order valence-electron chi connectivity index (χ3n) is 3.71. The van der Waals surface area contributed by atoms with Crippen LogP contribution in [0.15, 0.2) is 18.2 Å². The molecule has 100 valence electrons. The molecule has 0 bridgehead atoms. The van der Waals surface area contributed by atoms with Gasteiger partial charge in [-0.15, -0.1) is 0 Å². The summed E-state index contributed by atoms with van der Waals surface area (Å²) in [7, 11) is 4.18. The second-order valence-electron chi connectivity index (χ2n) is 5.56. The molecule has 2 unspecified atom stereocenters. The molecule has 1 aromatic rings. The maximum atomic E-state index is 13.6. The molecule has 0 aromatic heterocycles. The maximum absolute atomic E-state index is 13.6. The van der Waals surface area contributed by atoms with Crippen molar-refractivity contribution in [2.75, 3.05) is 20.6 Å². The van der Waals surface area contributed by atoms with Gasteiger partial charge in [0.05, 0.1) is 0 Å². The van der Waals surface area contributed by atoms with E-state index in [1.807, 2.05) is 6.07 Å². The average molecular weight is 250 g/mol. The van der Waals surface area contributed by atoms with Crippen LogP contribution >= 0.6 is 0 Å². The van der Waals surface area contributed by atoms with Crippen LogP contribution in [0.3, 0.4) is 0 Å². The molecule has 1 aliphatic carbocycles. The van der Waals surface area contributed by atoms with Gasteiger partial charge in [-0.3, -0.25) is 0 Å². The molecule has 2 rings (SSSR count). The molecule has 18 heavy (non-hydrogen) atoms. The molecule has 1 aliphatic rings. The normalized spacial score (nSPS) is 20.2. The smallest absolute Gasteiger partial charge is 0.126 e. The van der Waals surface area contributed by atoms with Crippen LogP contribution in [-0.4, -0.2) is 31.6 Å². The Morgan fingerprint density at radius 3 is 2.94 bits per heavy atom. The van der Waals surface area contributed by atoms with Crippen molar-refractivity contribution >= 4 is 0 Å². The van der Waals surface area contributed by atoms with E-state index in [0.29, 0.717) is 12.1 Å². The summed E-state index contributed by atoms with van der Waals surface area (Å²) in [5.41, 5.74) is 2.07. The van der Waals surface area contributed by atoms with Crippen LogP contribution in [-0.2, 0) is 6.42 Å². The van der Waals surface area contributed by atoms with Crippen molar-refractivity contribution < 1.29 is 4.39 Å². The average Bonchev–Trinajstić information content (AvgIpc) is 2.72. The van der Waals surface area contributed by atoms with E-state index < -0.39 is 0 Å². The van der Waals surface area contributed by atoms with E-state index in [1.54, 1.807) is 6.07 Å². The first-order valence-corrected chi connectivity index (χ1v) is 6.76. The van der Waals surface area contributed by atoms with Crippen molar-refractivity contribution in [2.24, 2.45) is 0 Å². The van der Waals surface area contributed by atoms with Crippen LogP contribution in [0, 0.1) is 5.82 Å². The molecule has 3 heteroatoms. The zero-order chi connectivity index (χ0) is 13.1. The van der Waals surface area contributed by atoms with Gasteiger partial charge in [0.25, 0.3) is 0 Å². The lowest BCUT2D eigenvalue weighted by atomic mass is 10.1. The number of fused-ring (bicyclic) bond motifs is 1. The first kappa shape index (κ1) is 13.5. The van der Waals surface area contributed by atoms with E-state index in [4.69, 9.17) is 0 Å². The minimum absolute atomic E-state index is 0.0438. The number of hydrogen-bond acceptors (Lipinski definition) is 2. The predicted octanol–water partition coefficient (Wildman–Crippen LogP) is 2.74. The lowest BCUT2D eigenvalue weighted by Gasteiger charge is -2.21. The highest BCUT2D eigenvalue weighted by Crippen LogP contribution is 2.32. The summed E-state index contributed by atoms with van der Waals surface area (Å²) in [6, 6.07) is 6.23. The highest BCUT2D eigenvalue weighted by molar-refractivity contribution is 5.35. The number of rotatable bonds is 5. The van der Waals surface area contributed by atoms with Gasteiger partial charge in [0, 0.05) is 12.1 Å². The topological polar surface area (TPSA) is 15.3 Å². The van der Waals surface area contributed by atoms with Crippen molar-refractivity contribution in [3.63, 3.8) is 0 Å². The molecule has 0 heterocycles. The van der Waals surface area contributed by atoms with Crippen LogP contribution < -0.4 is 5.32 Å². The second kappa shape index (κ2) is 5.81. The van der Waals surface area contributed by atoms with E-state index in [2.05, 4.69) is 37.3 Å². The third kappa shape index (κ3) is 3.09. The molecule has 2 nitrogen and oxygen atoms in total. The van der Waals surface area contributed by atoms with E-state index in [0.717, 1.165) is 36.9 Å².